The highest BCUT2D eigenvalue weighted by Crippen LogP contribution is 2.36. The lowest BCUT2D eigenvalue weighted by atomic mass is 10.2. The summed E-state index contributed by atoms with van der Waals surface area (Å²) < 4.78 is 23.5. The molecule has 0 unspecified atom stereocenters. The predicted octanol–water partition coefficient (Wildman–Crippen LogP) is 2.82. The van der Waals surface area contributed by atoms with E-state index < -0.39 is 9.84 Å². The van der Waals surface area contributed by atoms with E-state index in [0.29, 0.717) is 13.0 Å². The second-order valence-corrected chi connectivity index (χ2v) is 11.3. The van der Waals surface area contributed by atoms with Crippen molar-refractivity contribution in [1.82, 2.24) is 14.9 Å². The van der Waals surface area contributed by atoms with Gasteiger partial charge in [0.05, 0.1) is 16.8 Å². The van der Waals surface area contributed by atoms with E-state index in [9.17, 15) is 13.2 Å². The lowest BCUT2D eigenvalue weighted by Crippen LogP contribution is -2.44. The SMILES string of the molecule is CCN(C(=O)[C@H](C)Sc1ncnc2sc(C)c(C)c12)[C@@H]1CCS(=O)(=O)C1. The van der Waals surface area contributed by atoms with Crippen LogP contribution >= 0.6 is 23.1 Å². The highest BCUT2D eigenvalue weighted by Gasteiger charge is 2.35. The zero-order valence-corrected chi connectivity index (χ0v) is 17.8. The molecule has 2 atom stereocenters. The molecule has 0 aromatic carbocycles. The van der Waals surface area contributed by atoms with Crippen molar-refractivity contribution in [3.63, 3.8) is 0 Å². The van der Waals surface area contributed by atoms with Gasteiger partial charge in [0.2, 0.25) is 5.91 Å². The summed E-state index contributed by atoms with van der Waals surface area (Å²) in [4.78, 5) is 25.6. The van der Waals surface area contributed by atoms with E-state index in [1.807, 2.05) is 13.8 Å². The Labute approximate surface area is 162 Å². The Morgan fingerprint density at radius 2 is 2.15 bits per heavy atom. The van der Waals surface area contributed by atoms with Crippen molar-refractivity contribution in [3.8, 4) is 0 Å². The van der Waals surface area contributed by atoms with Gasteiger partial charge >= 0.3 is 0 Å². The van der Waals surface area contributed by atoms with E-state index in [2.05, 4.69) is 23.8 Å². The molecule has 3 rings (SSSR count). The molecule has 6 nitrogen and oxygen atoms in total. The maximum absolute atomic E-state index is 13.0. The average molecular weight is 414 g/mol. The number of aryl methyl sites for hydroxylation is 2. The zero-order chi connectivity index (χ0) is 19.1. The normalized spacial score (nSPS) is 20.4. The number of rotatable bonds is 5. The van der Waals surface area contributed by atoms with Crippen LogP contribution in [0.4, 0.5) is 0 Å². The average Bonchev–Trinajstić information content (AvgIpc) is 3.08. The molecule has 2 aromatic heterocycles. The number of thiophene rings is 1. The molecule has 1 amide bonds. The Hall–Kier alpha value is -1.19. The monoisotopic (exact) mass is 413 g/mol. The second-order valence-electron chi connectivity index (χ2n) is 6.58. The van der Waals surface area contributed by atoms with Gasteiger partial charge in [0.1, 0.15) is 16.2 Å². The van der Waals surface area contributed by atoms with Crippen molar-refractivity contribution >= 4 is 49.1 Å². The first-order valence-corrected chi connectivity index (χ1v) is 12.1. The van der Waals surface area contributed by atoms with Crippen LogP contribution in [0.5, 0.6) is 0 Å². The number of hydrogen-bond donors (Lipinski definition) is 0. The quantitative estimate of drug-likeness (QED) is 0.554. The van der Waals surface area contributed by atoms with Gasteiger partial charge in [0.15, 0.2) is 9.84 Å². The maximum atomic E-state index is 13.0. The summed E-state index contributed by atoms with van der Waals surface area (Å²) in [6.07, 6.45) is 2.07. The second kappa shape index (κ2) is 7.44. The van der Waals surface area contributed by atoms with Crippen LogP contribution < -0.4 is 0 Å². The smallest absolute Gasteiger partial charge is 0.236 e. The fourth-order valence-corrected chi connectivity index (χ4v) is 7.14. The summed E-state index contributed by atoms with van der Waals surface area (Å²) in [6, 6.07) is -0.212. The number of hydrogen-bond acceptors (Lipinski definition) is 7. The minimum Gasteiger partial charge on any atom is -0.338 e. The molecular formula is C17H23N3O3S3. The van der Waals surface area contributed by atoms with Crippen LogP contribution in [0.15, 0.2) is 11.4 Å². The standard InChI is InChI=1S/C17H23N3O3S3/c1-5-20(13-6-7-26(22,23)8-13)17(21)12(4)25-16-14-10(2)11(3)24-15(14)18-9-19-16/h9,12-13H,5-8H2,1-4H3/t12-,13+/m0/s1. The van der Waals surface area contributed by atoms with Crippen LogP contribution in [0.1, 0.15) is 30.7 Å². The summed E-state index contributed by atoms with van der Waals surface area (Å²) in [7, 11) is -3.02. The van der Waals surface area contributed by atoms with Gasteiger partial charge in [0.25, 0.3) is 0 Å². The number of aromatic nitrogens is 2. The first kappa shape index (κ1) is 19.6. The summed E-state index contributed by atoms with van der Waals surface area (Å²) in [5.41, 5.74) is 1.15. The number of amides is 1. The van der Waals surface area contributed by atoms with E-state index in [1.54, 1.807) is 22.6 Å². The molecule has 9 heteroatoms. The Kier molecular flexibility index (Phi) is 5.60. The molecule has 0 bridgehead atoms. The van der Waals surface area contributed by atoms with Crippen LogP contribution in [0.3, 0.4) is 0 Å². The van der Waals surface area contributed by atoms with Crippen LogP contribution in [-0.4, -0.2) is 58.5 Å². The van der Waals surface area contributed by atoms with E-state index in [1.165, 1.54) is 16.6 Å². The molecule has 0 radical (unpaired) electrons. The van der Waals surface area contributed by atoms with Gasteiger partial charge in [-0.2, -0.15) is 0 Å². The summed E-state index contributed by atoms with van der Waals surface area (Å²) in [5, 5.41) is 1.50. The number of sulfone groups is 1. The molecule has 3 heterocycles. The molecule has 142 valence electrons. The lowest BCUT2D eigenvalue weighted by Gasteiger charge is -2.29. The molecule has 1 saturated heterocycles. The number of thioether (sulfide) groups is 1. The van der Waals surface area contributed by atoms with Gasteiger partial charge in [-0.05, 0) is 39.7 Å². The topological polar surface area (TPSA) is 80.2 Å². The Bertz CT molecular complexity index is 939. The van der Waals surface area contributed by atoms with Crippen LogP contribution in [0, 0.1) is 13.8 Å². The minimum atomic E-state index is -3.02. The number of carbonyl (C=O) groups excluding carboxylic acids is 1. The lowest BCUT2D eigenvalue weighted by molar-refractivity contribution is -0.131. The third kappa shape index (κ3) is 3.75. The highest BCUT2D eigenvalue weighted by molar-refractivity contribution is 8.00. The van der Waals surface area contributed by atoms with Crippen molar-refractivity contribution in [2.24, 2.45) is 0 Å². The Balaban J connectivity index is 1.81. The molecule has 0 N–H and O–H groups in total. The predicted molar refractivity (Wildman–Crippen MR) is 107 cm³/mol. The number of nitrogens with zero attached hydrogens (tertiary/aromatic N) is 3. The van der Waals surface area contributed by atoms with Gasteiger partial charge in [-0.15, -0.1) is 11.3 Å². The Morgan fingerprint density at radius 3 is 2.77 bits per heavy atom. The van der Waals surface area contributed by atoms with E-state index in [4.69, 9.17) is 0 Å². The molecule has 0 saturated carbocycles. The molecule has 1 aliphatic heterocycles. The molecule has 0 aliphatic carbocycles. The summed E-state index contributed by atoms with van der Waals surface area (Å²) in [5.74, 6) is 0.212. The van der Waals surface area contributed by atoms with Crippen LogP contribution in [0.25, 0.3) is 10.2 Å². The fourth-order valence-electron chi connectivity index (χ4n) is 3.31. The third-order valence-corrected chi connectivity index (χ3v) is 8.79. The number of fused-ring (bicyclic) bond motifs is 1. The zero-order valence-electron chi connectivity index (χ0n) is 15.4. The summed E-state index contributed by atoms with van der Waals surface area (Å²) in [6.45, 7) is 8.39. The van der Waals surface area contributed by atoms with E-state index in [-0.39, 0.29) is 28.7 Å². The van der Waals surface area contributed by atoms with Gasteiger partial charge < -0.3 is 4.90 Å². The first-order valence-electron chi connectivity index (χ1n) is 8.61. The van der Waals surface area contributed by atoms with Crippen molar-refractivity contribution in [2.75, 3.05) is 18.1 Å². The Morgan fingerprint density at radius 1 is 1.42 bits per heavy atom. The van der Waals surface area contributed by atoms with E-state index >= 15 is 0 Å². The minimum absolute atomic E-state index is 0.0315. The van der Waals surface area contributed by atoms with Crippen LogP contribution in [0.2, 0.25) is 0 Å². The molecule has 1 fully saturated rings. The van der Waals surface area contributed by atoms with Crippen molar-refractivity contribution < 1.29 is 13.2 Å². The summed E-state index contributed by atoms with van der Waals surface area (Å²) >= 11 is 3.06. The van der Waals surface area contributed by atoms with Crippen molar-refractivity contribution in [2.45, 2.75) is 50.4 Å². The van der Waals surface area contributed by atoms with Crippen molar-refractivity contribution in [1.29, 1.82) is 0 Å². The number of carbonyl (C=O) groups is 1. The molecule has 2 aromatic rings. The van der Waals surface area contributed by atoms with Gasteiger partial charge in [-0.25, -0.2) is 18.4 Å². The van der Waals surface area contributed by atoms with Crippen molar-refractivity contribution in [3.05, 3.63) is 16.8 Å². The van der Waals surface area contributed by atoms with Gasteiger partial charge in [-0.1, -0.05) is 11.8 Å². The van der Waals surface area contributed by atoms with E-state index in [0.717, 1.165) is 20.8 Å². The van der Waals surface area contributed by atoms with Crippen LogP contribution in [-0.2, 0) is 14.6 Å². The molecule has 1 aliphatic rings. The molecular weight excluding hydrogens is 390 g/mol. The first-order chi connectivity index (χ1) is 12.2. The van der Waals surface area contributed by atoms with Gasteiger partial charge in [-0.3, -0.25) is 4.79 Å². The maximum Gasteiger partial charge on any atom is 0.236 e. The molecule has 26 heavy (non-hydrogen) atoms. The molecule has 0 spiro atoms. The van der Waals surface area contributed by atoms with Gasteiger partial charge in [0, 0.05) is 22.8 Å². The third-order valence-electron chi connectivity index (χ3n) is 4.84. The highest BCUT2D eigenvalue weighted by atomic mass is 32.2. The fraction of sp³-hybridized carbons (Fsp3) is 0.588. The largest absolute Gasteiger partial charge is 0.338 e.